The van der Waals surface area contributed by atoms with Crippen molar-refractivity contribution in [1.29, 1.82) is 0 Å². The highest BCUT2D eigenvalue weighted by Crippen LogP contribution is 2.48. The summed E-state index contributed by atoms with van der Waals surface area (Å²) in [6.07, 6.45) is 9.20. The molecule has 1 atom stereocenters. The van der Waals surface area contributed by atoms with Crippen LogP contribution in [-0.2, 0) is 18.4 Å². The van der Waals surface area contributed by atoms with Gasteiger partial charge in [-0.1, -0.05) is 52.3 Å². The predicted octanol–water partition coefficient (Wildman–Crippen LogP) is 7.66. The Morgan fingerprint density at radius 1 is 0.861 bits per heavy atom. The Balaban J connectivity index is 1.46. The van der Waals surface area contributed by atoms with E-state index in [1.165, 1.54) is 59.1 Å². The zero-order valence-corrected chi connectivity index (χ0v) is 22.0. The number of hydrogen-bond donors (Lipinski definition) is 0. The Kier molecular flexibility index (Phi) is 5.14. The minimum absolute atomic E-state index is 0.716. The maximum atomic E-state index is 7.12. The van der Waals surface area contributed by atoms with Gasteiger partial charge in [0.2, 0.25) is 0 Å². The number of halogens is 1. The molecule has 0 fully saturated rings. The second-order valence-electron chi connectivity index (χ2n) is 10.1. The smallest absolute Gasteiger partial charge is 0.178 e. The molecule has 0 saturated heterocycles. The highest BCUT2D eigenvalue weighted by molar-refractivity contribution is 9.10. The van der Waals surface area contributed by atoms with Crippen LogP contribution < -0.4 is 14.4 Å². The van der Waals surface area contributed by atoms with E-state index in [2.05, 4.69) is 87.6 Å². The molecule has 3 heterocycles. The predicted molar refractivity (Wildman–Crippen MR) is 150 cm³/mol. The van der Waals surface area contributed by atoms with E-state index in [-0.39, 0.29) is 0 Å². The summed E-state index contributed by atoms with van der Waals surface area (Å²) in [6.45, 7) is 2.35. The average molecular weight is 538 g/mol. The number of ether oxygens (including phenoxy) is 2. The largest absolute Gasteiger partial charge is 0.497 e. The van der Waals surface area contributed by atoms with Crippen LogP contribution >= 0.6 is 15.9 Å². The number of methoxy groups -OCH3 is 1. The molecular formula is C32H28BrNO2. The minimum atomic E-state index is -0.716. The first kappa shape index (κ1) is 22.0. The van der Waals surface area contributed by atoms with Gasteiger partial charge in [0, 0.05) is 39.9 Å². The SMILES string of the molecule is COc1ccc(C2(c3cc4c5c(c3)CCCN5CCC4)C=Cc3c(cc(Br)c4ccccc34)O2)cc1. The van der Waals surface area contributed by atoms with Crippen LogP contribution in [0.3, 0.4) is 0 Å². The van der Waals surface area contributed by atoms with Gasteiger partial charge in [-0.15, -0.1) is 0 Å². The first-order chi connectivity index (χ1) is 17.7. The average Bonchev–Trinajstić information content (AvgIpc) is 2.93. The molecule has 0 amide bonds. The summed E-state index contributed by atoms with van der Waals surface area (Å²) >= 11 is 3.81. The number of hydrogen-bond acceptors (Lipinski definition) is 3. The molecule has 4 aromatic carbocycles. The van der Waals surface area contributed by atoms with Gasteiger partial charge in [0.05, 0.1) is 7.11 Å². The van der Waals surface area contributed by atoms with E-state index in [1.54, 1.807) is 7.11 Å². The number of fused-ring (bicyclic) bond motifs is 3. The molecule has 0 N–H and O–H groups in total. The Morgan fingerprint density at radius 3 is 2.25 bits per heavy atom. The van der Waals surface area contributed by atoms with Crippen molar-refractivity contribution in [1.82, 2.24) is 0 Å². The van der Waals surface area contributed by atoms with E-state index < -0.39 is 5.60 Å². The van der Waals surface area contributed by atoms with Crippen molar-refractivity contribution in [2.45, 2.75) is 31.3 Å². The molecule has 4 aromatic rings. The van der Waals surface area contributed by atoms with E-state index in [4.69, 9.17) is 9.47 Å². The van der Waals surface area contributed by atoms with Gasteiger partial charge in [-0.2, -0.15) is 0 Å². The van der Waals surface area contributed by atoms with E-state index >= 15 is 0 Å². The Bertz CT molecular complexity index is 1490. The molecule has 0 aliphatic carbocycles. The lowest BCUT2D eigenvalue weighted by Gasteiger charge is -2.41. The zero-order chi connectivity index (χ0) is 24.3. The molecule has 180 valence electrons. The molecule has 0 spiro atoms. The van der Waals surface area contributed by atoms with Crippen LogP contribution in [-0.4, -0.2) is 20.2 Å². The van der Waals surface area contributed by atoms with Crippen molar-refractivity contribution >= 4 is 38.5 Å². The fourth-order valence-corrected chi connectivity index (χ4v) is 6.88. The molecule has 1 unspecified atom stereocenters. The number of benzene rings is 4. The van der Waals surface area contributed by atoms with Gasteiger partial charge in [0.25, 0.3) is 0 Å². The molecule has 3 aliphatic heterocycles. The Labute approximate surface area is 220 Å². The normalized spacial score (nSPS) is 20.0. The lowest BCUT2D eigenvalue weighted by molar-refractivity contribution is 0.161. The number of aryl methyl sites for hydroxylation is 2. The van der Waals surface area contributed by atoms with Crippen molar-refractivity contribution < 1.29 is 9.47 Å². The minimum Gasteiger partial charge on any atom is -0.497 e. The van der Waals surface area contributed by atoms with Crippen molar-refractivity contribution in [3.8, 4) is 11.5 Å². The highest BCUT2D eigenvalue weighted by Gasteiger charge is 2.39. The zero-order valence-electron chi connectivity index (χ0n) is 20.4. The molecule has 3 nitrogen and oxygen atoms in total. The van der Waals surface area contributed by atoms with E-state index in [0.717, 1.165) is 39.9 Å². The van der Waals surface area contributed by atoms with Crippen LogP contribution in [0, 0.1) is 0 Å². The quantitative estimate of drug-likeness (QED) is 0.267. The third-order valence-electron chi connectivity index (χ3n) is 8.03. The van der Waals surface area contributed by atoms with Gasteiger partial charge in [-0.3, -0.25) is 0 Å². The van der Waals surface area contributed by atoms with Crippen molar-refractivity contribution in [3.05, 3.63) is 105 Å². The summed E-state index contributed by atoms with van der Waals surface area (Å²) in [5, 5.41) is 2.39. The summed E-state index contributed by atoms with van der Waals surface area (Å²) < 4.78 is 13.6. The van der Waals surface area contributed by atoms with Gasteiger partial charge in [0.15, 0.2) is 5.60 Å². The summed E-state index contributed by atoms with van der Waals surface area (Å²) in [6, 6.07) is 23.8. The molecule has 0 radical (unpaired) electrons. The van der Waals surface area contributed by atoms with Crippen LogP contribution in [0.25, 0.3) is 16.8 Å². The molecule has 0 bridgehead atoms. The lowest BCUT2D eigenvalue weighted by Crippen LogP contribution is -2.37. The second kappa shape index (κ2) is 8.41. The Hall–Kier alpha value is -3.24. The van der Waals surface area contributed by atoms with E-state index in [1.807, 2.05) is 12.1 Å². The molecular weight excluding hydrogens is 510 g/mol. The summed E-state index contributed by atoms with van der Waals surface area (Å²) in [4.78, 5) is 2.59. The third-order valence-corrected chi connectivity index (χ3v) is 8.69. The van der Waals surface area contributed by atoms with E-state index in [9.17, 15) is 0 Å². The molecule has 0 saturated carbocycles. The highest BCUT2D eigenvalue weighted by atomic mass is 79.9. The standard InChI is InChI=1S/C32H28BrNO2/c1-35-25-12-10-23(11-13-25)32(24-18-21-6-4-16-34-17-5-7-22(19-24)31(21)34)15-14-28-26-8-2-3-9-27(26)29(33)20-30(28)36-32/h2-3,8-15,18-20H,4-7,16-17H2,1H3. The number of anilines is 1. The monoisotopic (exact) mass is 537 g/mol. The van der Waals surface area contributed by atoms with Crippen molar-refractivity contribution in [2.75, 3.05) is 25.1 Å². The molecule has 36 heavy (non-hydrogen) atoms. The van der Waals surface area contributed by atoms with Crippen LogP contribution in [0.4, 0.5) is 5.69 Å². The van der Waals surface area contributed by atoms with Crippen LogP contribution in [0.5, 0.6) is 11.5 Å². The van der Waals surface area contributed by atoms with Gasteiger partial charge in [-0.05, 0) is 90.1 Å². The third kappa shape index (κ3) is 3.31. The van der Waals surface area contributed by atoms with Gasteiger partial charge in [0.1, 0.15) is 11.5 Å². The van der Waals surface area contributed by atoms with Crippen molar-refractivity contribution in [2.24, 2.45) is 0 Å². The second-order valence-corrected chi connectivity index (χ2v) is 10.9. The van der Waals surface area contributed by atoms with E-state index in [0.29, 0.717) is 0 Å². The first-order valence-corrected chi connectivity index (χ1v) is 13.6. The van der Waals surface area contributed by atoms with Gasteiger partial charge in [-0.25, -0.2) is 0 Å². The molecule has 3 aliphatic rings. The number of rotatable bonds is 3. The lowest BCUT2D eigenvalue weighted by atomic mass is 9.79. The fourth-order valence-electron chi connectivity index (χ4n) is 6.33. The summed E-state index contributed by atoms with van der Waals surface area (Å²) in [5.41, 5.74) is 7.12. The Morgan fingerprint density at radius 2 is 1.56 bits per heavy atom. The van der Waals surface area contributed by atoms with Crippen LogP contribution in [0.15, 0.2) is 77.3 Å². The van der Waals surface area contributed by atoms with Gasteiger partial charge >= 0.3 is 0 Å². The van der Waals surface area contributed by atoms with Crippen LogP contribution in [0.2, 0.25) is 0 Å². The van der Waals surface area contributed by atoms with Crippen LogP contribution in [0.1, 0.15) is 40.7 Å². The topological polar surface area (TPSA) is 21.7 Å². The first-order valence-electron chi connectivity index (χ1n) is 12.8. The number of nitrogens with zero attached hydrogens (tertiary/aromatic N) is 1. The molecule has 4 heteroatoms. The maximum absolute atomic E-state index is 7.12. The fraction of sp³-hybridized carbons (Fsp3) is 0.250. The van der Waals surface area contributed by atoms with Gasteiger partial charge < -0.3 is 14.4 Å². The van der Waals surface area contributed by atoms with Crippen molar-refractivity contribution in [3.63, 3.8) is 0 Å². The molecule has 0 aromatic heterocycles. The summed E-state index contributed by atoms with van der Waals surface area (Å²) in [5.74, 6) is 1.74. The molecule has 7 rings (SSSR count). The summed E-state index contributed by atoms with van der Waals surface area (Å²) in [7, 11) is 1.71. The maximum Gasteiger partial charge on any atom is 0.178 e.